The molecule has 5 nitrogen and oxygen atoms in total. The maximum atomic E-state index is 12.0. The molecule has 2 aromatic rings. The molecule has 0 radical (unpaired) electrons. The predicted octanol–water partition coefficient (Wildman–Crippen LogP) is 2.88. The monoisotopic (exact) mass is 346 g/mol. The molecule has 2 heterocycles. The van der Waals surface area contributed by atoms with Gasteiger partial charge in [-0.25, -0.2) is 4.98 Å². The zero-order valence-electron chi connectivity index (χ0n) is 13.9. The molecule has 1 fully saturated rings. The number of rotatable bonds is 6. The van der Waals surface area contributed by atoms with Crippen molar-refractivity contribution in [1.82, 2.24) is 14.9 Å². The molecule has 1 saturated heterocycles. The lowest BCUT2D eigenvalue weighted by atomic mass is 10.1. The Labute approximate surface area is 147 Å². The van der Waals surface area contributed by atoms with Crippen LogP contribution in [0.2, 0.25) is 5.02 Å². The molecular formula is C18H23ClN4O. The summed E-state index contributed by atoms with van der Waals surface area (Å²) in [5.41, 5.74) is 2.45. The summed E-state index contributed by atoms with van der Waals surface area (Å²) in [6, 6.07) is 6.01. The Morgan fingerprint density at radius 2 is 2.33 bits per heavy atom. The highest BCUT2D eigenvalue weighted by molar-refractivity contribution is 6.30. The van der Waals surface area contributed by atoms with E-state index in [0.717, 1.165) is 31.1 Å². The fourth-order valence-corrected chi connectivity index (χ4v) is 3.30. The topological polar surface area (TPSA) is 50.2 Å². The van der Waals surface area contributed by atoms with Crippen molar-refractivity contribution in [2.45, 2.75) is 26.3 Å². The zero-order chi connectivity index (χ0) is 16.9. The number of benzene rings is 1. The maximum absolute atomic E-state index is 12.0. The minimum Gasteiger partial charge on any atom is -0.371 e. The average Bonchev–Trinajstić information content (AvgIpc) is 3.24. The SMILES string of the molecule is Cc1ccc(Cl)cc1N1CC[C@H](CNC(=O)CCn2ccnc2)C1. The van der Waals surface area contributed by atoms with Crippen LogP contribution >= 0.6 is 11.6 Å². The Kier molecular flexibility index (Phi) is 5.41. The summed E-state index contributed by atoms with van der Waals surface area (Å²) in [5, 5.41) is 3.83. The summed E-state index contributed by atoms with van der Waals surface area (Å²) in [6.07, 6.45) is 6.90. The lowest BCUT2D eigenvalue weighted by molar-refractivity contribution is -0.121. The van der Waals surface area contributed by atoms with Gasteiger partial charge in [-0.1, -0.05) is 17.7 Å². The molecule has 0 saturated carbocycles. The van der Waals surface area contributed by atoms with Gasteiger partial charge in [-0.15, -0.1) is 0 Å². The van der Waals surface area contributed by atoms with Crippen LogP contribution in [0.1, 0.15) is 18.4 Å². The standard InChI is InChI=1S/C18H23ClN4O/c1-14-2-3-16(19)10-17(14)23-8-4-15(12-23)11-21-18(24)5-7-22-9-6-20-13-22/h2-3,6,9-10,13,15H,4-5,7-8,11-12H2,1H3,(H,21,24)/t15-/m1/s1. The van der Waals surface area contributed by atoms with Crippen LogP contribution in [-0.4, -0.2) is 35.1 Å². The fraction of sp³-hybridized carbons (Fsp3) is 0.444. The number of nitrogens with one attached hydrogen (secondary N) is 1. The van der Waals surface area contributed by atoms with E-state index in [-0.39, 0.29) is 5.91 Å². The summed E-state index contributed by atoms with van der Waals surface area (Å²) in [4.78, 5) is 18.3. The van der Waals surface area contributed by atoms with Crippen molar-refractivity contribution >= 4 is 23.2 Å². The quantitative estimate of drug-likeness (QED) is 0.875. The van der Waals surface area contributed by atoms with Gasteiger partial charge in [0.1, 0.15) is 0 Å². The van der Waals surface area contributed by atoms with Crippen molar-refractivity contribution in [2.24, 2.45) is 5.92 Å². The van der Waals surface area contributed by atoms with Crippen LogP contribution in [0.3, 0.4) is 0 Å². The third kappa shape index (κ3) is 4.29. The van der Waals surface area contributed by atoms with Crippen molar-refractivity contribution < 1.29 is 4.79 Å². The third-order valence-electron chi connectivity index (χ3n) is 4.54. The molecule has 0 aliphatic carbocycles. The molecule has 1 aliphatic rings. The first-order chi connectivity index (χ1) is 11.6. The van der Waals surface area contributed by atoms with Crippen LogP contribution < -0.4 is 10.2 Å². The van der Waals surface area contributed by atoms with E-state index < -0.39 is 0 Å². The van der Waals surface area contributed by atoms with Gasteiger partial charge in [0, 0.05) is 55.7 Å². The normalized spacial score (nSPS) is 17.2. The van der Waals surface area contributed by atoms with Gasteiger partial charge in [0.2, 0.25) is 5.91 Å². The number of imidazole rings is 1. The minimum absolute atomic E-state index is 0.0982. The van der Waals surface area contributed by atoms with Gasteiger partial charge in [0.15, 0.2) is 0 Å². The Balaban J connectivity index is 1.44. The summed E-state index contributed by atoms with van der Waals surface area (Å²) in [7, 11) is 0. The van der Waals surface area contributed by atoms with Gasteiger partial charge in [-0.05, 0) is 37.0 Å². The number of halogens is 1. The van der Waals surface area contributed by atoms with Crippen LogP contribution in [0.4, 0.5) is 5.69 Å². The van der Waals surface area contributed by atoms with E-state index in [2.05, 4.69) is 28.2 Å². The first kappa shape index (κ1) is 16.8. The number of amides is 1. The molecule has 1 N–H and O–H groups in total. The second-order valence-electron chi connectivity index (χ2n) is 6.39. The van der Waals surface area contributed by atoms with Gasteiger partial charge >= 0.3 is 0 Å². The van der Waals surface area contributed by atoms with Gasteiger partial charge in [0.05, 0.1) is 6.33 Å². The van der Waals surface area contributed by atoms with Crippen LogP contribution in [-0.2, 0) is 11.3 Å². The predicted molar refractivity (Wildman–Crippen MR) is 96.4 cm³/mol. The van der Waals surface area contributed by atoms with E-state index in [1.807, 2.05) is 22.9 Å². The fourth-order valence-electron chi connectivity index (χ4n) is 3.14. The lowest BCUT2D eigenvalue weighted by Gasteiger charge is -2.21. The smallest absolute Gasteiger partial charge is 0.221 e. The molecule has 1 atom stereocenters. The van der Waals surface area contributed by atoms with E-state index in [1.165, 1.54) is 11.3 Å². The van der Waals surface area contributed by atoms with Crippen molar-refractivity contribution in [2.75, 3.05) is 24.5 Å². The van der Waals surface area contributed by atoms with E-state index in [9.17, 15) is 4.79 Å². The minimum atomic E-state index is 0.0982. The van der Waals surface area contributed by atoms with Crippen LogP contribution in [0, 0.1) is 12.8 Å². The van der Waals surface area contributed by atoms with Gasteiger partial charge in [-0.2, -0.15) is 0 Å². The summed E-state index contributed by atoms with van der Waals surface area (Å²) < 4.78 is 1.92. The Morgan fingerprint density at radius 3 is 3.12 bits per heavy atom. The highest BCUT2D eigenvalue weighted by Gasteiger charge is 2.24. The Bertz CT molecular complexity index is 686. The molecule has 6 heteroatoms. The first-order valence-corrected chi connectivity index (χ1v) is 8.73. The lowest BCUT2D eigenvalue weighted by Crippen LogP contribution is -2.31. The first-order valence-electron chi connectivity index (χ1n) is 8.35. The van der Waals surface area contributed by atoms with Crippen LogP contribution in [0.15, 0.2) is 36.9 Å². The summed E-state index contributed by atoms with van der Waals surface area (Å²) in [6.45, 7) is 5.49. The number of aromatic nitrogens is 2. The van der Waals surface area contributed by atoms with Gasteiger partial charge in [-0.3, -0.25) is 4.79 Å². The highest BCUT2D eigenvalue weighted by atomic mass is 35.5. The van der Waals surface area contributed by atoms with E-state index in [4.69, 9.17) is 11.6 Å². The summed E-state index contributed by atoms with van der Waals surface area (Å²) in [5.74, 6) is 0.585. The average molecular weight is 347 g/mol. The van der Waals surface area contributed by atoms with E-state index in [0.29, 0.717) is 18.9 Å². The molecule has 24 heavy (non-hydrogen) atoms. The molecular weight excluding hydrogens is 324 g/mol. The molecule has 3 rings (SSSR count). The molecule has 0 spiro atoms. The Hall–Kier alpha value is -2.01. The van der Waals surface area contributed by atoms with Gasteiger partial charge < -0.3 is 14.8 Å². The second-order valence-corrected chi connectivity index (χ2v) is 6.82. The number of nitrogens with zero attached hydrogens (tertiary/aromatic N) is 3. The van der Waals surface area contributed by atoms with Crippen molar-refractivity contribution in [1.29, 1.82) is 0 Å². The third-order valence-corrected chi connectivity index (χ3v) is 4.78. The van der Waals surface area contributed by atoms with Gasteiger partial charge in [0.25, 0.3) is 0 Å². The molecule has 1 aromatic heterocycles. The second kappa shape index (κ2) is 7.71. The highest BCUT2D eigenvalue weighted by Crippen LogP contribution is 2.29. The van der Waals surface area contributed by atoms with Crippen LogP contribution in [0.25, 0.3) is 0 Å². The maximum Gasteiger partial charge on any atom is 0.221 e. The van der Waals surface area contributed by atoms with Crippen molar-refractivity contribution in [3.8, 4) is 0 Å². The van der Waals surface area contributed by atoms with E-state index in [1.54, 1.807) is 12.5 Å². The van der Waals surface area contributed by atoms with E-state index >= 15 is 0 Å². The molecule has 1 aliphatic heterocycles. The molecule has 0 bridgehead atoms. The number of carbonyl (C=O) groups excluding carboxylic acids is 1. The number of carbonyl (C=O) groups is 1. The number of aryl methyl sites for hydroxylation is 2. The molecule has 1 aromatic carbocycles. The molecule has 0 unspecified atom stereocenters. The molecule has 1 amide bonds. The van der Waals surface area contributed by atoms with Crippen LogP contribution in [0.5, 0.6) is 0 Å². The zero-order valence-corrected chi connectivity index (χ0v) is 14.7. The van der Waals surface area contributed by atoms with Crippen molar-refractivity contribution in [3.63, 3.8) is 0 Å². The molecule has 128 valence electrons. The van der Waals surface area contributed by atoms with Crippen molar-refractivity contribution in [3.05, 3.63) is 47.5 Å². The number of hydrogen-bond donors (Lipinski definition) is 1. The number of hydrogen-bond acceptors (Lipinski definition) is 3. The summed E-state index contributed by atoms with van der Waals surface area (Å²) >= 11 is 6.12. The largest absolute Gasteiger partial charge is 0.371 e. The number of anilines is 1. The Morgan fingerprint density at radius 1 is 1.46 bits per heavy atom.